The molecule has 0 N–H and O–H groups in total. The summed E-state index contributed by atoms with van der Waals surface area (Å²) in [5.41, 5.74) is 0.299. The SMILES string of the molecule is CCOC(=O)c1nnc(-c2cncc(F)c2)o1. The molecule has 6 nitrogen and oxygen atoms in total. The predicted molar refractivity (Wildman–Crippen MR) is 53.4 cm³/mol. The van der Waals surface area contributed by atoms with Crippen molar-refractivity contribution < 1.29 is 18.3 Å². The van der Waals surface area contributed by atoms with E-state index in [9.17, 15) is 9.18 Å². The highest BCUT2D eigenvalue weighted by Crippen LogP contribution is 2.17. The van der Waals surface area contributed by atoms with Crippen LogP contribution in [0.1, 0.15) is 17.6 Å². The van der Waals surface area contributed by atoms with Crippen LogP contribution >= 0.6 is 0 Å². The Morgan fingerprint density at radius 2 is 2.29 bits per heavy atom. The largest absolute Gasteiger partial charge is 0.459 e. The highest BCUT2D eigenvalue weighted by molar-refractivity contribution is 5.84. The standard InChI is InChI=1S/C10H8FN3O3/c1-2-16-10(15)9-14-13-8(17-9)6-3-7(11)5-12-4-6/h3-5H,2H2,1H3. The fourth-order valence-electron chi connectivity index (χ4n) is 1.14. The lowest BCUT2D eigenvalue weighted by molar-refractivity contribution is 0.0481. The van der Waals surface area contributed by atoms with Gasteiger partial charge in [0.1, 0.15) is 5.82 Å². The zero-order chi connectivity index (χ0) is 12.3. The Bertz CT molecular complexity index is 541. The summed E-state index contributed by atoms with van der Waals surface area (Å²) in [7, 11) is 0. The van der Waals surface area contributed by atoms with E-state index in [-0.39, 0.29) is 18.4 Å². The fourth-order valence-corrected chi connectivity index (χ4v) is 1.14. The Balaban J connectivity index is 2.27. The van der Waals surface area contributed by atoms with E-state index in [1.807, 2.05) is 0 Å². The van der Waals surface area contributed by atoms with Gasteiger partial charge in [0.05, 0.1) is 18.4 Å². The van der Waals surface area contributed by atoms with Gasteiger partial charge >= 0.3 is 11.9 Å². The first-order valence-corrected chi connectivity index (χ1v) is 4.82. The molecular weight excluding hydrogens is 229 g/mol. The van der Waals surface area contributed by atoms with Crippen molar-refractivity contribution >= 4 is 5.97 Å². The third-order valence-electron chi connectivity index (χ3n) is 1.83. The normalized spacial score (nSPS) is 10.2. The van der Waals surface area contributed by atoms with Crippen LogP contribution in [0.2, 0.25) is 0 Å². The minimum Gasteiger partial charge on any atom is -0.459 e. The van der Waals surface area contributed by atoms with Gasteiger partial charge in [0.25, 0.3) is 0 Å². The topological polar surface area (TPSA) is 78.1 Å². The van der Waals surface area contributed by atoms with Crippen LogP contribution in [0.5, 0.6) is 0 Å². The van der Waals surface area contributed by atoms with Crippen LogP contribution in [0, 0.1) is 5.82 Å². The van der Waals surface area contributed by atoms with Crippen LogP contribution in [-0.4, -0.2) is 27.8 Å². The molecule has 0 fully saturated rings. The molecule has 17 heavy (non-hydrogen) atoms. The summed E-state index contributed by atoms with van der Waals surface area (Å²) in [5.74, 6) is -1.50. The number of hydrogen-bond acceptors (Lipinski definition) is 6. The number of hydrogen-bond donors (Lipinski definition) is 0. The molecule has 0 radical (unpaired) electrons. The Kier molecular flexibility index (Phi) is 3.08. The van der Waals surface area contributed by atoms with E-state index in [1.165, 1.54) is 12.3 Å². The molecule has 0 saturated carbocycles. The summed E-state index contributed by atoms with van der Waals surface area (Å²) >= 11 is 0. The third kappa shape index (κ3) is 2.44. The lowest BCUT2D eigenvalue weighted by atomic mass is 10.3. The number of pyridine rings is 1. The van der Waals surface area contributed by atoms with Crippen molar-refractivity contribution in [3.63, 3.8) is 0 Å². The number of rotatable bonds is 3. The number of ether oxygens (including phenoxy) is 1. The molecule has 0 amide bonds. The Hall–Kier alpha value is -2.31. The third-order valence-corrected chi connectivity index (χ3v) is 1.83. The molecule has 0 unspecified atom stereocenters. The smallest absolute Gasteiger partial charge is 0.396 e. The number of carbonyl (C=O) groups is 1. The van der Waals surface area contributed by atoms with E-state index in [2.05, 4.69) is 19.9 Å². The minimum absolute atomic E-state index is 0.0139. The van der Waals surface area contributed by atoms with Gasteiger partial charge in [-0.25, -0.2) is 9.18 Å². The lowest BCUT2D eigenvalue weighted by Crippen LogP contribution is -2.04. The summed E-state index contributed by atoms with van der Waals surface area (Å²) < 4.78 is 22.6. The van der Waals surface area contributed by atoms with Crippen LogP contribution in [0.15, 0.2) is 22.9 Å². The molecule has 0 saturated heterocycles. The molecule has 7 heteroatoms. The van der Waals surface area contributed by atoms with E-state index in [0.29, 0.717) is 5.56 Å². The van der Waals surface area contributed by atoms with Gasteiger partial charge in [0.2, 0.25) is 5.89 Å². The molecule has 0 aromatic carbocycles. The average Bonchev–Trinajstić information content (AvgIpc) is 2.78. The van der Waals surface area contributed by atoms with Crippen molar-refractivity contribution in [2.45, 2.75) is 6.92 Å². The van der Waals surface area contributed by atoms with Gasteiger partial charge in [-0.3, -0.25) is 4.98 Å². The molecule has 2 heterocycles. The quantitative estimate of drug-likeness (QED) is 0.752. The van der Waals surface area contributed by atoms with Gasteiger partial charge < -0.3 is 9.15 Å². The maximum Gasteiger partial charge on any atom is 0.396 e. The molecule has 2 aromatic rings. The molecule has 0 aliphatic heterocycles. The molecular formula is C10H8FN3O3. The number of carbonyl (C=O) groups excluding carboxylic acids is 1. The van der Waals surface area contributed by atoms with Gasteiger partial charge in [0.15, 0.2) is 0 Å². The fraction of sp³-hybridized carbons (Fsp3) is 0.200. The zero-order valence-corrected chi connectivity index (χ0v) is 8.88. The summed E-state index contributed by atoms with van der Waals surface area (Å²) in [4.78, 5) is 14.9. The zero-order valence-electron chi connectivity index (χ0n) is 8.88. The Labute approximate surface area is 95.4 Å². The molecule has 0 aliphatic rings. The van der Waals surface area contributed by atoms with E-state index >= 15 is 0 Å². The van der Waals surface area contributed by atoms with Crippen molar-refractivity contribution in [2.75, 3.05) is 6.61 Å². The number of halogens is 1. The number of nitrogens with zero attached hydrogens (tertiary/aromatic N) is 3. The van der Waals surface area contributed by atoms with E-state index in [4.69, 9.17) is 4.42 Å². The number of esters is 1. The van der Waals surface area contributed by atoms with Crippen LogP contribution in [0.4, 0.5) is 4.39 Å². The van der Waals surface area contributed by atoms with Crippen LogP contribution in [0.25, 0.3) is 11.5 Å². The first-order valence-electron chi connectivity index (χ1n) is 4.82. The first-order chi connectivity index (χ1) is 8.20. The van der Waals surface area contributed by atoms with Crippen molar-refractivity contribution in [3.8, 4) is 11.5 Å². The van der Waals surface area contributed by atoms with Crippen molar-refractivity contribution in [2.24, 2.45) is 0 Å². The number of aromatic nitrogens is 3. The van der Waals surface area contributed by atoms with Crippen molar-refractivity contribution in [3.05, 3.63) is 30.2 Å². The molecule has 88 valence electrons. The van der Waals surface area contributed by atoms with Gasteiger partial charge in [-0.1, -0.05) is 0 Å². The lowest BCUT2D eigenvalue weighted by Gasteiger charge is -1.95. The molecule has 0 bridgehead atoms. The second-order valence-electron chi connectivity index (χ2n) is 3.02. The van der Waals surface area contributed by atoms with E-state index < -0.39 is 11.8 Å². The molecule has 2 aromatic heterocycles. The maximum atomic E-state index is 12.9. The van der Waals surface area contributed by atoms with Crippen LogP contribution in [-0.2, 0) is 4.74 Å². The summed E-state index contributed by atoms with van der Waals surface area (Å²) in [6.45, 7) is 1.86. The molecule has 0 spiro atoms. The highest BCUT2D eigenvalue weighted by atomic mass is 19.1. The molecule has 0 atom stereocenters. The van der Waals surface area contributed by atoms with Gasteiger partial charge in [-0.2, -0.15) is 0 Å². The Morgan fingerprint density at radius 1 is 1.47 bits per heavy atom. The van der Waals surface area contributed by atoms with Crippen molar-refractivity contribution in [1.82, 2.24) is 15.2 Å². The monoisotopic (exact) mass is 237 g/mol. The summed E-state index contributed by atoms with van der Waals surface area (Å²) in [6.07, 6.45) is 2.40. The average molecular weight is 237 g/mol. The van der Waals surface area contributed by atoms with Crippen molar-refractivity contribution in [1.29, 1.82) is 0 Å². The summed E-state index contributed by atoms with van der Waals surface area (Å²) in [6, 6.07) is 1.18. The van der Waals surface area contributed by atoms with Gasteiger partial charge in [-0.15, -0.1) is 10.2 Å². The summed E-state index contributed by atoms with van der Waals surface area (Å²) in [5, 5.41) is 7.11. The van der Waals surface area contributed by atoms with Crippen LogP contribution < -0.4 is 0 Å². The van der Waals surface area contributed by atoms with Gasteiger partial charge in [-0.05, 0) is 13.0 Å². The predicted octanol–water partition coefficient (Wildman–Crippen LogP) is 1.45. The first kappa shape index (κ1) is 11.2. The molecule has 0 aliphatic carbocycles. The second kappa shape index (κ2) is 4.69. The Morgan fingerprint density at radius 3 is 3.00 bits per heavy atom. The van der Waals surface area contributed by atoms with E-state index in [0.717, 1.165) is 6.20 Å². The minimum atomic E-state index is -0.712. The second-order valence-corrected chi connectivity index (χ2v) is 3.02. The maximum absolute atomic E-state index is 12.9. The van der Waals surface area contributed by atoms with Crippen LogP contribution in [0.3, 0.4) is 0 Å². The van der Waals surface area contributed by atoms with Gasteiger partial charge in [0, 0.05) is 6.20 Å². The highest BCUT2D eigenvalue weighted by Gasteiger charge is 2.17. The molecule has 2 rings (SSSR count). The van der Waals surface area contributed by atoms with E-state index in [1.54, 1.807) is 6.92 Å².